The number of carboxylic acids is 1. The lowest BCUT2D eigenvalue weighted by atomic mass is 10.1. The fraction of sp³-hybridized carbons (Fsp3) is 0.467. The third-order valence-corrected chi connectivity index (χ3v) is 3.95. The van der Waals surface area contributed by atoms with Crippen molar-refractivity contribution in [2.45, 2.75) is 31.5 Å². The lowest BCUT2D eigenvalue weighted by molar-refractivity contribution is -0.149. The van der Waals surface area contributed by atoms with Gasteiger partial charge in [-0.05, 0) is 43.0 Å². The second kappa shape index (κ2) is 5.73. The molecule has 3 rings (SSSR count). The molecule has 2 atom stereocenters. The van der Waals surface area contributed by atoms with Crippen molar-refractivity contribution in [3.05, 3.63) is 29.3 Å². The number of benzene rings is 1. The average Bonchev–Trinajstić information content (AvgIpc) is 3.12. The minimum atomic E-state index is -0.935. The molecule has 2 aliphatic rings. The Balaban J connectivity index is 1.54. The maximum Gasteiger partial charge on any atom is 0.332 e. The van der Waals surface area contributed by atoms with Gasteiger partial charge in [-0.2, -0.15) is 0 Å². The molecule has 2 unspecified atom stereocenters. The normalized spacial score (nSPS) is 23.4. The summed E-state index contributed by atoms with van der Waals surface area (Å²) in [5.74, 6) is -1.08. The van der Waals surface area contributed by atoms with E-state index < -0.39 is 12.1 Å². The van der Waals surface area contributed by atoms with Gasteiger partial charge in [0.2, 0.25) is 0 Å². The van der Waals surface area contributed by atoms with E-state index in [1.54, 1.807) is 6.07 Å². The number of hydrogen-bond donors (Lipinski definition) is 3. The van der Waals surface area contributed by atoms with Crippen LogP contribution in [0.5, 0.6) is 0 Å². The average molecular weight is 290 g/mol. The Labute approximate surface area is 122 Å². The highest BCUT2D eigenvalue weighted by Crippen LogP contribution is 2.23. The van der Waals surface area contributed by atoms with E-state index in [2.05, 4.69) is 10.6 Å². The molecule has 1 saturated heterocycles. The zero-order chi connectivity index (χ0) is 14.8. The van der Waals surface area contributed by atoms with Gasteiger partial charge in [-0.3, -0.25) is 4.79 Å². The highest BCUT2D eigenvalue weighted by atomic mass is 16.5. The van der Waals surface area contributed by atoms with Crippen LogP contribution < -0.4 is 10.6 Å². The summed E-state index contributed by atoms with van der Waals surface area (Å²) in [5, 5.41) is 14.9. The third kappa shape index (κ3) is 3.00. The van der Waals surface area contributed by atoms with E-state index in [4.69, 9.17) is 9.84 Å². The Kier molecular flexibility index (Phi) is 3.79. The first-order chi connectivity index (χ1) is 10.1. The lowest BCUT2D eigenvalue weighted by Gasteiger charge is -2.12. The Morgan fingerprint density at radius 1 is 1.38 bits per heavy atom. The Morgan fingerprint density at radius 2 is 2.24 bits per heavy atom. The fourth-order valence-electron chi connectivity index (χ4n) is 2.79. The minimum absolute atomic E-state index is 0.146. The van der Waals surface area contributed by atoms with Crippen LogP contribution in [0.4, 0.5) is 5.69 Å². The Bertz CT molecular complexity index is 573. The lowest BCUT2D eigenvalue weighted by Crippen LogP contribution is -2.33. The van der Waals surface area contributed by atoms with Crippen LogP contribution in [0.15, 0.2) is 18.2 Å². The molecule has 0 radical (unpaired) electrons. The molecule has 1 aromatic rings. The van der Waals surface area contributed by atoms with Gasteiger partial charge in [-0.1, -0.05) is 0 Å². The van der Waals surface area contributed by atoms with Gasteiger partial charge in [0.25, 0.3) is 5.91 Å². The van der Waals surface area contributed by atoms with E-state index in [-0.39, 0.29) is 12.0 Å². The molecule has 6 nitrogen and oxygen atoms in total. The second-order valence-electron chi connectivity index (χ2n) is 5.42. The zero-order valence-electron chi connectivity index (χ0n) is 11.6. The van der Waals surface area contributed by atoms with Crippen LogP contribution in [0.25, 0.3) is 0 Å². The molecule has 2 heterocycles. The van der Waals surface area contributed by atoms with Crippen molar-refractivity contribution in [3.8, 4) is 0 Å². The number of fused-ring (bicyclic) bond motifs is 1. The van der Waals surface area contributed by atoms with Crippen LogP contribution in [-0.4, -0.2) is 42.3 Å². The van der Waals surface area contributed by atoms with Crippen molar-refractivity contribution < 1.29 is 19.4 Å². The number of hydrogen-bond acceptors (Lipinski definition) is 4. The van der Waals surface area contributed by atoms with Crippen molar-refractivity contribution in [1.29, 1.82) is 0 Å². The summed E-state index contributed by atoms with van der Waals surface area (Å²) in [5.41, 5.74) is 2.88. The molecule has 21 heavy (non-hydrogen) atoms. The van der Waals surface area contributed by atoms with Gasteiger partial charge in [-0.25, -0.2) is 4.79 Å². The number of anilines is 1. The van der Waals surface area contributed by atoms with Gasteiger partial charge in [0, 0.05) is 24.3 Å². The van der Waals surface area contributed by atoms with Crippen LogP contribution in [0.3, 0.4) is 0 Å². The van der Waals surface area contributed by atoms with Gasteiger partial charge in [0.1, 0.15) is 0 Å². The molecule has 0 saturated carbocycles. The number of ether oxygens (including phenoxy) is 1. The quantitative estimate of drug-likeness (QED) is 0.770. The first-order valence-electron chi connectivity index (χ1n) is 7.17. The number of amides is 1. The highest BCUT2D eigenvalue weighted by molar-refractivity contribution is 5.95. The van der Waals surface area contributed by atoms with Gasteiger partial charge >= 0.3 is 5.97 Å². The first-order valence-corrected chi connectivity index (χ1v) is 7.17. The van der Waals surface area contributed by atoms with Crippen molar-refractivity contribution in [3.63, 3.8) is 0 Å². The minimum Gasteiger partial charge on any atom is -0.479 e. The molecule has 6 heteroatoms. The molecule has 1 amide bonds. The van der Waals surface area contributed by atoms with E-state index in [1.807, 2.05) is 12.1 Å². The van der Waals surface area contributed by atoms with Gasteiger partial charge in [-0.15, -0.1) is 0 Å². The monoisotopic (exact) mass is 290 g/mol. The summed E-state index contributed by atoms with van der Waals surface area (Å²) >= 11 is 0. The zero-order valence-corrected chi connectivity index (χ0v) is 11.6. The van der Waals surface area contributed by atoms with E-state index in [0.29, 0.717) is 24.9 Å². The largest absolute Gasteiger partial charge is 0.479 e. The molecular formula is C15H18N2O4. The maximum atomic E-state index is 12.1. The Morgan fingerprint density at radius 3 is 3.00 bits per heavy atom. The predicted octanol–water partition coefficient (Wildman–Crippen LogP) is 1.02. The summed E-state index contributed by atoms with van der Waals surface area (Å²) in [7, 11) is 0. The van der Waals surface area contributed by atoms with Crippen LogP contribution in [-0.2, 0) is 16.0 Å². The molecule has 2 aliphatic heterocycles. The summed E-state index contributed by atoms with van der Waals surface area (Å²) in [6.07, 6.45) is 1.14. The van der Waals surface area contributed by atoms with Gasteiger partial charge in [0.15, 0.2) is 6.10 Å². The van der Waals surface area contributed by atoms with Crippen molar-refractivity contribution >= 4 is 17.6 Å². The highest BCUT2D eigenvalue weighted by Gasteiger charge is 2.30. The molecule has 0 aromatic heterocycles. The molecule has 1 aromatic carbocycles. The molecule has 112 valence electrons. The van der Waals surface area contributed by atoms with Gasteiger partial charge < -0.3 is 20.5 Å². The summed E-state index contributed by atoms with van der Waals surface area (Å²) < 4.78 is 5.36. The number of carboxylic acid groups (broad SMARTS) is 1. The summed E-state index contributed by atoms with van der Waals surface area (Å²) in [4.78, 5) is 22.9. The van der Waals surface area contributed by atoms with Crippen LogP contribution in [0, 0.1) is 0 Å². The first kappa shape index (κ1) is 13.9. The molecule has 1 fully saturated rings. The number of nitrogens with one attached hydrogen (secondary N) is 2. The topological polar surface area (TPSA) is 87.7 Å². The molecule has 0 aliphatic carbocycles. The van der Waals surface area contributed by atoms with E-state index >= 15 is 0 Å². The third-order valence-electron chi connectivity index (χ3n) is 3.95. The number of carbonyl (C=O) groups excluding carboxylic acids is 1. The van der Waals surface area contributed by atoms with Crippen LogP contribution >= 0.6 is 0 Å². The number of rotatable bonds is 4. The number of carbonyl (C=O) groups is 2. The van der Waals surface area contributed by atoms with E-state index in [1.165, 1.54) is 0 Å². The molecule has 0 spiro atoms. The van der Waals surface area contributed by atoms with Crippen LogP contribution in [0.2, 0.25) is 0 Å². The molecule has 0 bridgehead atoms. The van der Waals surface area contributed by atoms with Crippen molar-refractivity contribution in [2.75, 3.05) is 18.4 Å². The fourth-order valence-corrected chi connectivity index (χ4v) is 2.79. The van der Waals surface area contributed by atoms with E-state index in [0.717, 1.165) is 24.2 Å². The smallest absolute Gasteiger partial charge is 0.332 e. The van der Waals surface area contributed by atoms with E-state index in [9.17, 15) is 9.59 Å². The molecule has 3 N–H and O–H groups in total. The van der Waals surface area contributed by atoms with Gasteiger partial charge in [0.05, 0.1) is 6.10 Å². The standard InChI is InChI=1S/C15H18N2O4/c18-14(10-1-3-12-9(7-10)5-6-16-12)17-8-11-2-4-13(21-11)15(19)20/h1,3,7,11,13,16H,2,4-6,8H2,(H,17,18)(H,19,20). The second-order valence-corrected chi connectivity index (χ2v) is 5.42. The van der Waals surface area contributed by atoms with Crippen molar-refractivity contribution in [2.24, 2.45) is 0 Å². The summed E-state index contributed by atoms with van der Waals surface area (Å²) in [6.45, 7) is 1.25. The SMILES string of the molecule is O=C(NCC1CCC(C(=O)O)O1)c1ccc2c(c1)CCN2. The maximum absolute atomic E-state index is 12.1. The number of aliphatic carboxylic acids is 1. The summed E-state index contributed by atoms with van der Waals surface area (Å²) in [6, 6.07) is 5.62. The van der Waals surface area contributed by atoms with Crippen molar-refractivity contribution in [1.82, 2.24) is 5.32 Å². The Hall–Kier alpha value is -2.08. The molecular weight excluding hydrogens is 272 g/mol. The predicted molar refractivity (Wildman–Crippen MR) is 76.5 cm³/mol. The van der Waals surface area contributed by atoms with Crippen LogP contribution in [0.1, 0.15) is 28.8 Å².